The Morgan fingerprint density at radius 2 is 1.24 bits per heavy atom. The van der Waals surface area contributed by atoms with Crippen molar-refractivity contribution < 1.29 is 51.2 Å². The van der Waals surface area contributed by atoms with Gasteiger partial charge in [0.05, 0.1) is 10.5 Å². The van der Waals surface area contributed by atoms with Crippen LogP contribution in [0.25, 0.3) is 0 Å². The molecule has 0 bridgehead atoms. The molecule has 1 aromatic carbocycles. The molecule has 0 aliphatic rings. The van der Waals surface area contributed by atoms with Gasteiger partial charge >= 0.3 is 5.97 Å². The van der Waals surface area contributed by atoms with Gasteiger partial charge in [-0.15, -0.1) is 0 Å². The molecule has 1 aromatic rings. The van der Waals surface area contributed by atoms with Crippen LogP contribution in [0.15, 0.2) is 29.2 Å². The molecule has 0 saturated carbocycles. The number of benzene rings is 1. The Balaban J connectivity index is -0.000000150. The maximum atomic E-state index is 12.4. The smallest absolute Gasteiger partial charge is 0.335 e. The van der Waals surface area contributed by atoms with Gasteiger partial charge in [-0.3, -0.25) is 0 Å². The third-order valence-electron chi connectivity index (χ3n) is 2.69. The third kappa shape index (κ3) is 10.1. The predicted molar refractivity (Wildman–Crippen MR) is 94.4 cm³/mol. The maximum absolute atomic E-state index is 12.4. The average molecular weight is 393 g/mol. The zero-order valence-corrected chi connectivity index (χ0v) is 15.0. The second-order valence-electron chi connectivity index (χ2n) is 4.23. The molecule has 13 N–H and O–H groups in total. The van der Waals surface area contributed by atoms with E-state index in [9.17, 15) is 13.2 Å². The predicted octanol–water partition coefficient (Wildman–Crippen LogP) is -2.75. The van der Waals surface area contributed by atoms with E-state index < -0.39 is 16.0 Å². The normalized spacial score (nSPS) is 8.92. The van der Waals surface area contributed by atoms with Gasteiger partial charge < -0.3 is 38.0 Å². The van der Waals surface area contributed by atoms with Crippen molar-refractivity contribution in [1.29, 1.82) is 0 Å². The van der Waals surface area contributed by atoms with Crippen molar-refractivity contribution in [2.75, 3.05) is 13.1 Å². The van der Waals surface area contributed by atoms with Crippen LogP contribution in [0.5, 0.6) is 0 Å². The summed E-state index contributed by atoms with van der Waals surface area (Å²) in [6, 6.07) is 5.31. The van der Waals surface area contributed by atoms with Crippen molar-refractivity contribution >= 4 is 16.0 Å². The van der Waals surface area contributed by atoms with E-state index in [0.29, 0.717) is 13.1 Å². The average Bonchev–Trinajstić information content (AvgIpc) is 2.38. The Hall–Kier alpha value is -1.64. The quantitative estimate of drug-likeness (QED) is 0.515. The fourth-order valence-corrected chi connectivity index (χ4v) is 3.39. The Morgan fingerprint density at radius 1 is 0.880 bits per heavy atom. The Kier molecular flexibility index (Phi) is 26.6. The molecule has 0 aromatic heterocycles. The van der Waals surface area contributed by atoms with Crippen LogP contribution in [-0.2, 0) is 10.0 Å². The highest BCUT2D eigenvalue weighted by atomic mass is 32.2. The number of hydrogen-bond donors (Lipinski definition) is 1. The number of rotatable bonds is 7. The van der Waals surface area contributed by atoms with Crippen LogP contribution in [0.2, 0.25) is 0 Å². The van der Waals surface area contributed by atoms with Gasteiger partial charge in [-0.1, -0.05) is 13.8 Å². The molecular formula is C13H31NO10S. The van der Waals surface area contributed by atoms with Gasteiger partial charge in [0, 0.05) is 13.1 Å². The first-order chi connectivity index (χ1) is 8.93. The summed E-state index contributed by atoms with van der Waals surface area (Å²) in [5.74, 6) is -1.07. The lowest BCUT2D eigenvalue weighted by Gasteiger charge is -2.20. The zero-order valence-electron chi connectivity index (χ0n) is 14.2. The minimum atomic E-state index is -3.53. The first-order valence-electron chi connectivity index (χ1n) is 6.27. The monoisotopic (exact) mass is 393 g/mol. The molecule has 0 saturated heterocycles. The van der Waals surface area contributed by atoms with E-state index in [1.807, 2.05) is 13.8 Å². The Morgan fingerprint density at radius 3 is 1.52 bits per heavy atom. The highest BCUT2D eigenvalue weighted by Gasteiger charge is 2.23. The first-order valence-corrected chi connectivity index (χ1v) is 7.71. The zero-order chi connectivity index (χ0) is 14.5. The van der Waals surface area contributed by atoms with Crippen molar-refractivity contribution in [2.24, 2.45) is 0 Å². The molecule has 0 aliphatic heterocycles. The molecule has 12 heteroatoms. The van der Waals surface area contributed by atoms with Crippen molar-refractivity contribution in [3.05, 3.63) is 29.8 Å². The summed E-state index contributed by atoms with van der Waals surface area (Å²) in [7, 11) is -3.53. The molecule has 0 spiro atoms. The molecule has 0 radical (unpaired) electrons. The van der Waals surface area contributed by atoms with Crippen molar-refractivity contribution in [2.45, 2.75) is 31.6 Å². The van der Waals surface area contributed by atoms with E-state index in [-0.39, 0.29) is 43.3 Å². The minimum absolute atomic E-state index is 0. The number of hydrogen-bond acceptors (Lipinski definition) is 3. The lowest BCUT2D eigenvalue weighted by molar-refractivity contribution is 0.0696. The van der Waals surface area contributed by atoms with E-state index in [1.165, 1.54) is 28.6 Å². The molecule has 1 rings (SSSR count). The summed E-state index contributed by atoms with van der Waals surface area (Å²) in [6.45, 7) is 4.78. The summed E-state index contributed by atoms with van der Waals surface area (Å²) in [5, 5.41) is 8.80. The van der Waals surface area contributed by atoms with Gasteiger partial charge in [-0.05, 0) is 37.1 Å². The van der Waals surface area contributed by atoms with Crippen LogP contribution in [0, 0.1) is 0 Å². The lowest BCUT2D eigenvalue weighted by atomic mass is 10.2. The molecular weight excluding hydrogens is 362 g/mol. The molecule has 0 fully saturated rings. The number of carboxylic acids is 1. The van der Waals surface area contributed by atoms with E-state index in [0.717, 1.165) is 12.8 Å². The van der Waals surface area contributed by atoms with Crippen LogP contribution >= 0.6 is 0 Å². The molecule has 0 heterocycles. The Bertz CT molecular complexity index is 526. The van der Waals surface area contributed by atoms with Crippen LogP contribution in [0.3, 0.4) is 0 Å². The van der Waals surface area contributed by atoms with Crippen molar-refractivity contribution in [1.82, 2.24) is 4.31 Å². The van der Waals surface area contributed by atoms with E-state index in [4.69, 9.17) is 5.11 Å². The van der Waals surface area contributed by atoms with Crippen LogP contribution < -0.4 is 0 Å². The van der Waals surface area contributed by atoms with Crippen LogP contribution in [-0.4, -0.2) is 69.7 Å². The molecule has 0 amide bonds. The Labute approximate surface area is 146 Å². The largest absolute Gasteiger partial charge is 0.478 e. The fourth-order valence-electron chi connectivity index (χ4n) is 1.77. The standard InChI is InChI=1S/C13H19NO4S.6H2O/c1-3-9-14(10-4-2)19(17,18)12-7-5-11(6-8-12)13(15)16;;;;;;/h5-8H,3-4,9-10H2,1-2H3,(H,15,16);6*1H2. The summed E-state index contributed by atoms with van der Waals surface area (Å²) < 4.78 is 26.2. The first kappa shape index (κ1) is 38.8. The molecule has 154 valence electrons. The van der Waals surface area contributed by atoms with Gasteiger partial charge in [0.1, 0.15) is 0 Å². The van der Waals surface area contributed by atoms with Gasteiger partial charge in [-0.2, -0.15) is 4.31 Å². The summed E-state index contributed by atoms with van der Waals surface area (Å²) in [6.07, 6.45) is 1.48. The maximum Gasteiger partial charge on any atom is 0.335 e. The highest BCUT2D eigenvalue weighted by Crippen LogP contribution is 2.17. The molecule has 0 aliphatic carbocycles. The second-order valence-corrected chi connectivity index (χ2v) is 6.17. The summed E-state index contributed by atoms with van der Waals surface area (Å²) in [5.41, 5.74) is 0.0801. The van der Waals surface area contributed by atoms with E-state index in [2.05, 4.69) is 0 Å². The van der Waals surface area contributed by atoms with Gasteiger partial charge in [0.2, 0.25) is 10.0 Å². The molecule has 11 nitrogen and oxygen atoms in total. The summed E-state index contributed by atoms with van der Waals surface area (Å²) >= 11 is 0. The number of aromatic carboxylic acids is 1. The molecule has 0 atom stereocenters. The van der Waals surface area contributed by atoms with Gasteiger partial charge in [0.25, 0.3) is 0 Å². The fraction of sp³-hybridized carbons (Fsp3) is 0.462. The van der Waals surface area contributed by atoms with Gasteiger partial charge in [0.15, 0.2) is 0 Å². The number of carbonyl (C=O) groups is 1. The SMILES string of the molecule is CCCN(CCC)S(=O)(=O)c1ccc(C(=O)O)cc1.O.O.O.O.O.O. The minimum Gasteiger partial charge on any atom is -0.478 e. The van der Waals surface area contributed by atoms with E-state index >= 15 is 0 Å². The third-order valence-corrected chi connectivity index (χ3v) is 4.60. The number of carboxylic acid groups (broad SMARTS) is 1. The number of sulfonamides is 1. The van der Waals surface area contributed by atoms with E-state index in [1.54, 1.807) is 0 Å². The van der Waals surface area contributed by atoms with Crippen LogP contribution in [0.4, 0.5) is 0 Å². The summed E-state index contributed by atoms with van der Waals surface area (Å²) in [4.78, 5) is 10.9. The van der Waals surface area contributed by atoms with Crippen molar-refractivity contribution in [3.8, 4) is 0 Å². The topological polar surface area (TPSA) is 264 Å². The second kappa shape index (κ2) is 17.2. The molecule has 25 heavy (non-hydrogen) atoms. The van der Waals surface area contributed by atoms with Gasteiger partial charge in [-0.25, -0.2) is 13.2 Å². The van der Waals surface area contributed by atoms with Crippen LogP contribution in [0.1, 0.15) is 37.0 Å². The number of nitrogens with zero attached hydrogens (tertiary/aromatic N) is 1. The highest BCUT2D eigenvalue weighted by molar-refractivity contribution is 7.89. The lowest BCUT2D eigenvalue weighted by Crippen LogP contribution is -2.32. The van der Waals surface area contributed by atoms with Crippen molar-refractivity contribution in [3.63, 3.8) is 0 Å². The molecule has 0 unspecified atom stereocenters.